The average Bonchev–Trinajstić information content (AvgIpc) is 3.04. The molecule has 3 rings (SSSR count). The van der Waals surface area contributed by atoms with Gasteiger partial charge in [0.1, 0.15) is 5.75 Å². The number of carbonyl (C=O) groups is 1. The van der Waals surface area contributed by atoms with E-state index in [0.29, 0.717) is 35.9 Å². The third kappa shape index (κ3) is 4.52. The molecule has 29 heavy (non-hydrogen) atoms. The Morgan fingerprint density at radius 3 is 2.76 bits per heavy atom. The molecule has 152 valence electrons. The van der Waals surface area contributed by atoms with Crippen LogP contribution in [0.3, 0.4) is 0 Å². The van der Waals surface area contributed by atoms with Gasteiger partial charge in [-0.15, -0.1) is 0 Å². The predicted molar refractivity (Wildman–Crippen MR) is 111 cm³/mol. The Morgan fingerprint density at radius 1 is 1.28 bits per heavy atom. The summed E-state index contributed by atoms with van der Waals surface area (Å²) in [6, 6.07) is 10.0. The van der Waals surface area contributed by atoms with Crippen LogP contribution in [0.15, 0.2) is 41.4 Å². The van der Waals surface area contributed by atoms with Crippen molar-refractivity contribution < 1.29 is 19.2 Å². The Kier molecular flexibility index (Phi) is 6.40. The molecule has 0 radical (unpaired) electrons. The number of rotatable bonds is 7. The van der Waals surface area contributed by atoms with Crippen molar-refractivity contribution in [3.8, 4) is 5.75 Å². The SMILES string of the molecule is CCOCCn1c(=NC(=O)c2ccc(C)c([N+](=O)[O-])c2)sc2cc(OC)ccc21. The quantitative estimate of drug-likeness (QED) is 0.333. The number of hydrogen-bond donors (Lipinski definition) is 0. The monoisotopic (exact) mass is 415 g/mol. The molecule has 1 heterocycles. The van der Waals surface area contributed by atoms with Gasteiger partial charge in [0.2, 0.25) is 0 Å². The number of aryl methyl sites for hydroxylation is 1. The van der Waals surface area contributed by atoms with Crippen LogP contribution in [0.25, 0.3) is 10.2 Å². The maximum atomic E-state index is 12.7. The van der Waals surface area contributed by atoms with E-state index in [1.807, 2.05) is 29.7 Å². The number of amides is 1. The number of nitro groups is 1. The highest BCUT2D eigenvalue weighted by Gasteiger charge is 2.15. The van der Waals surface area contributed by atoms with E-state index in [1.165, 1.54) is 17.4 Å². The number of carbonyl (C=O) groups excluding carboxylic acids is 1. The van der Waals surface area contributed by atoms with E-state index < -0.39 is 10.8 Å². The molecule has 0 N–H and O–H groups in total. The number of ether oxygens (including phenoxy) is 2. The van der Waals surface area contributed by atoms with E-state index in [-0.39, 0.29) is 11.3 Å². The number of aromatic nitrogens is 1. The molecule has 3 aromatic rings. The lowest BCUT2D eigenvalue weighted by atomic mass is 10.1. The minimum absolute atomic E-state index is 0.101. The number of nitro benzene ring substituents is 1. The lowest BCUT2D eigenvalue weighted by Crippen LogP contribution is -2.19. The summed E-state index contributed by atoms with van der Waals surface area (Å²) in [6.45, 7) is 5.14. The lowest BCUT2D eigenvalue weighted by molar-refractivity contribution is -0.385. The highest BCUT2D eigenvalue weighted by molar-refractivity contribution is 7.16. The van der Waals surface area contributed by atoms with Crippen molar-refractivity contribution in [3.63, 3.8) is 0 Å². The number of hydrogen-bond acceptors (Lipinski definition) is 6. The first-order valence-electron chi connectivity index (χ1n) is 9.03. The van der Waals surface area contributed by atoms with Gasteiger partial charge >= 0.3 is 0 Å². The van der Waals surface area contributed by atoms with E-state index in [9.17, 15) is 14.9 Å². The second kappa shape index (κ2) is 8.97. The van der Waals surface area contributed by atoms with Crippen molar-refractivity contribution in [1.82, 2.24) is 4.57 Å². The highest BCUT2D eigenvalue weighted by atomic mass is 32.1. The fraction of sp³-hybridized carbons (Fsp3) is 0.300. The number of nitrogens with zero attached hydrogens (tertiary/aromatic N) is 3. The number of fused-ring (bicyclic) bond motifs is 1. The van der Waals surface area contributed by atoms with Crippen LogP contribution in [0.1, 0.15) is 22.8 Å². The third-order valence-electron chi connectivity index (χ3n) is 4.40. The van der Waals surface area contributed by atoms with Crippen LogP contribution in [-0.4, -0.2) is 35.7 Å². The first-order valence-corrected chi connectivity index (χ1v) is 9.85. The fourth-order valence-electron chi connectivity index (χ4n) is 2.87. The van der Waals surface area contributed by atoms with Crippen molar-refractivity contribution in [2.45, 2.75) is 20.4 Å². The summed E-state index contributed by atoms with van der Waals surface area (Å²) in [4.78, 5) is 28.2. The molecule has 0 saturated carbocycles. The van der Waals surface area contributed by atoms with Crippen molar-refractivity contribution in [2.24, 2.45) is 4.99 Å². The van der Waals surface area contributed by atoms with Crippen molar-refractivity contribution in [3.05, 3.63) is 62.4 Å². The first kappa shape index (κ1) is 20.7. The summed E-state index contributed by atoms with van der Waals surface area (Å²) in [5.74, 6) is 0.180. The summed E-state index contributed by atoms with van der Waals surface area (Å²) in [5.41, 5.74) is 1.48. The van der Waals surface area contributed by atoms with Crippen LogP contribution < -0.4 is 9.54 Å². The van der Waals surface area contributed by atoms with E-state index >= 15 is 0 Å². The zero-order chi connectivity index (χ0) is 21.0. The zero-order valence-corrected chi connectivity index (χ0v) is 17.2. The van der Waals surface area contributed by atoms with Crippen molar-refractivity contribution in [1.29, 1.82) is 0 Å². The molecule has 1 amide bonds. The maximum absolute atomic E-state index is 12.7. The summed E-state index contributed by atoms with van der Waals surface area (Å²) < 4.78 is 13.6. The fourth-order valence-corrected chi connectivity index (χ4v) is 3.96. The van der Waals surface area contributed by atoms with Crippen LogP contribution in [0, 0.1) is 17.0 Å². The normalized spacial score (nSPS) is 11.8. The number of benzene rings is 2. The van der Waals surface area contributed by atoms with E-state index in [2.05, 4.69) is 4.99 Å². The van der Waals surface area contributed by atoms with Gasteiger partial charge in [0, 0.05) is 30.3 Å². The van der Waals surface area contributed by atoms with Crippen LogP contribution in [0.4, 0.5) is 5.69 Å². The Balaban J connectivity index is 2.08. The molecular weight excluding hydrogens is 394 g/mol. The van der Waals surface area contributed by atoms with E-state index in [4.69, 9.17) is 9.47 Å². The zero-order valence-electron chi connectivity index (χ0n) is 16.4. The molecule has 0 spiro atoms. The molecule has 0 aliphatic carbocycles. The maximum Gasteiger partial charge on any atom is 0.279 e. The van der Waals surface area contributed by atoms with Gasteiger partial charge < -0.3 is 14.0 Å². The second-order valence-electron chi connectivity index (χ2n) is 6.24. The lowest BCUT2D eigenvalue weighted by Gasteiger charge is -2.06. The van der Waals surface area contributed by atoms with Crippen LogP contribution in [-0.2, 0) is 11.3 Å². The largest absolute Gasteiger partial charge is 0.497 e. The molecule has 0 bridgehead atoms. The second-order valence-corrected chi connectivity index (χ2v) is 7.25. The molecule has 0 aliphatic heterocycles. The molecule has 0 atom stereocenters. The average molecular weight is 415 g/mol. The first-order chi connectivity index (χ1) is 13.9. The van der Waals surface area contributed by atoms with E-state index in [0.717, 1.165) is 10.2 Å². The summed E-state index contributed by atoms with van der Waals surface area (Å²) >= 11 is 1.35. The number of methoxy groups -OCH3 is 1. The van der Waals surface area contributed by atoms with Crippen LogP contribution in [0.2, 0.25) is 0 Å². The van der Waals surface area contributed by atoms with Gasteiger partial charge in [0.05, 0.1) is 28.9 Å². The van der Waals surface area contributed by atoms with Gasteiger partial charge in [-0.05, 0) is 38.1 Å². The van der Waals surface area contributed by atoms with Gasteiger partial charge in [-0.3, -0.25) is 14.9 Å². The van der Waals surface area contributed by atoms with Gasteiger partial charge in [0.15, 0.2) is 4.80 Å². The van der Waals surface area contributed by atoms with Gasteiger partial charge in [-0.1, -0.05) is 17.4 Å². The Morgan fingerprint density at radius 2 is 2.07 bits per heavy atom. The minimum Gasteiger partial charge on any atom is -0.497 e. The highest BCUT2D eigenvalue weighted by Crippen LogP contribution is 2.24. The standard InChI is InChI=1S/C20H21N3O5S/c1-4-28-10-9-22-16-8-7-15(27-3)12-18(16)29-20(22)21-19(24)14-6-5-13(2)17(11-14)23(25)26/h5-8,11-12H,4,9-10H2,1-3H3. The minimum atomic E-state index is -0.531. The number of thiazole rings is 1. The molecule has 2 aromatic carbocycles. The molecule has 0 saturated heterocycles. The molecule has 0 aliphatic rings. The van der Waals surface area contributed by atoms with Crippen molar-refractivity contribution in [2.75, 3.05) is 20.3 Å². The molecular formula is C20H21N3O5S. The van der Waals surface area contributed by atoms with Crippen LogP contribution >= 0.6 is 11.3 Å². The molecule has 1 aromatic heterocycles. The summed E-state index contributed by atoms with van der Waals surface area (Å²) in [7, 11) is 1.59. The molecule has 8 nitrogen and oxygen atoms in total. The van der Waals surface area contributed by atoms with Crippen LogP contribution in [0.5, 0.6) is 5.75 Å². The van der Waals surface area contributed by atoms with Gasteiger partial charge in [-0.25, -0.2) is 0 Å². The van der Waals surface area contributed by atoms with E-state index in [1.54, 1.807) is 26.2 Å². The summed E-state index contributed by atoms with van der Waals surface area (Å²) in [6.07, 6.45) is 0. The molecule has 9 heteroatoms. The molecule has 0 fully saturated rings. The Bertz CT molecular complexity index is 1130. The smallest absolute Gasteiger partial charge is 0.279 e. The van der Waals surface area contributed by atoms with Gasteiger partial charge in [-0.2, -0.15) is 4.99 Å². The predicted octanol–water partition coefficient (Wildman–Crippen LogP) is 3.71. The Labute approximate surface area is 171 Å². The third-order valence-corrected chi connectivity index (χ3v) is 5.44. The van der Waals surface area contributed by atoms with Crippen molar-refractivity contribution >= 4 is 33.1 Å². The molecule has 0 unspecified atom stereocenters. The summed E-state index contributed by atoms with van der Waals surface area (Å²) in [5, 5.41) is 11.2. The van der Waals surface area contributed by atoms with Gasteiger partial charge in [0.25, 0.3) is 11.6 Å². The topological polar surface area (TPSA) is 96.0 Å². The Hall–Kier alpha value is -3.04.